The summed E-state index contributed by atoms with van der Waals surface area (Å²) in [5.41, 5.74) is -4.13. The third-order valence-corrected chi connectivity index (χ3v) is 4.74. The highest BCUT2D eigenvalue weighted by atomic mass is 35.5. The number of hydrogen-bond donors (Lipinski definition) is 0. The number of halogens is 6. The highest BCUT2D eigenvalue weighted by molar-refractivity contribution is 6.55. The third kappa shape index (κ3) is 2.34. The van der Waals surface area contributed by atoms with Gasteiger partial charge < -0.3 is 4.74 Å². The van der Waals surface area contributed by atoms with Gasteiger partial charge in [-0.15, -0.1) is 0 Å². The molecule has 0 spiro atoms. The smallest absolute Gasteiger partial charge is 0.317 e. The molecule has 0 bridgehead atoms. The largest absolute Gasteiger partial charge is 0.468 e. The van der Waals surface area contributed by atoms with E-state index in [1.54, 1.807) is 0 Å². The Labute approximate surface area is 140 Å². The molecule has 1 saturated carbocycles. The van der Waals surface area contributed by atoms with Crippen molar-refractivity contribution in [3.63, 3.8) is 0 Å². The van der Waals surface area contributed by atoms with E-state index in [9.17, 15) is 22.4 Å². The highest BCUT2D eigenvalue weighted by Crippen LogP contribution is 2.71. The van der Waals surface area contributed by atoms with Crippen molar-refractivity contribution in [1.29, 1.82) is 0 Å². The van der Waals surface area contributed by atoms with Crippen molar-refractivity contribution in [3.8, 4) is 0 Å². The van der Waals surface area contributed by atoms with Crippen LogP contribution in [-0.4, -0.2) is 13.1 Å². The van der Waals surface area contributed by atoms with Gasteiger partial charge in [-0.05, 0) is 11.5 Å². The molecule has 0 N–H and O–H groups in total. The summed E-state index contributed by atoms with van der Waals surface area (Å²) in [6.45, 7) is 2.98. The average molecular weight is 371 g/mol. The minimum absolute atomic E-state index is 0.0773. The second kappa shape index (κ2) is 5.67. The van der Waals surface area contributed by atoms with Crippen LogP contribution in [0.15, 0.2) is 16.6 Å². The predicted octanol–water partition coefficient (Wildman–Crippen LogP) is 4.63. The van der Waals surface area contributed by atoms with Gasteiger partial charge in [0.15, 0.2) is 23.3 Å². The van der Waals surface area contributed by atoms with E-state index in [0.29, 0.717) is 0 Å². The number of carbonyl (C=O) groups excluding carboxylic acids is 1. The monoisotopic (exact) mass is 370 g/mol. The summed E-state index contributed by atoms with van der Waals surface area (Å²) in [5, 5.41) is 0. The summed E-state index contributed by atoms with van der Waals surface area (Å²) in [7, 11) is 1.01. The predicted molar refractivity (Wildman–Crippen MR) is 77.0 cm³/mol. The Bertz CT molecular complexity index is 688. The number of ether oxygens (including phenoxy) is 1. The molecular weight excluding hydrogens is 359 g/mol. The first kappa shape index (κ1) is 18.1. The maximum absolute atomic E-state index is 14.3. The molecule has 8 heteroatoms. The molecule has 0 radical (unpaired) electrons. The molecule has 0 aromatic heterocycles. The van der Waals surface area contributed by atoms with Gasteiger partial charge in [0.05, 0.1) is 7.11 Å². The molecule has 1 aromatic rings. The van der Waals surface area contributed by atoms with Crippen LogP contribution in [0.5, 0.6) is 0 Å². The van der Waals surface area contributed by atoms with Crippen LogP contribution in [0.4, 0.5) is 17.6 Å². The van der Waals surface area contributed by atoms with Crippen molar-refractivity contribution < 1.29 is 27.1 Å². The number of hydrogen-bond acceptors (Lipinski definition) is 2. The van der Waals surface area contributed by atoms with E-state index >= 15 is 0 Å². The molecule has 1 fully saturated rings. The molecule has 2 unspecified atom stereocenters. The van der Waals surface area contributed by atoms with E-state index in [-0.39, 0.29) is 10.6 Å². The van der Waals surface area contributed by atoms with Gasteiger partial charge in [-0.1, -0.05) is 37.0 Å². The van der Waals surface area contributed by atoms with E-state index < -0.39 is 51.5 Å². The standard InChI is InChI=1S/C15H12Cl2F4O2/c1-14(2)8(5-9(16)17)15(14,13(22)23-3)10-11(20)6(18)4-7(19)12(10)21/h4-5,8H,1-3H3. The third-order valence-electron chi connectivity index (χ3n) is 4.48. The lowest BCUT2D eigenvalue weighted by Crippen LogP contribution is -2.31. The minimum atomic E-state index is -1.98. The number of rotatable bonds is 3. The lowest BCUT2D eigenvalue weighted by molar-refractivity contribution is -0.145. The molecular formula is C15H12Cl2F4O2. The first-order chi connectivity index (χ1) is 10.5. The van der Waals surface area contributed by atoms with Crippen LogP contribution in [0.25, 0.3) is 0 Å². The van der Waals surface area contributed by atoms with E-state index in [1.807, 2.05) is 0 Å². The fraction of sp³-hybridized carbons (Fsp3) is 0.400. The van der Waals surface area contributed by atoms with Gasteiger partial charge in [0.1, 0.15) is 9.91 Å². The lowest BCUT2D eigenvalue weighted by Gasteiger charge is -2.20. The Hall–Kier alpha value is -1.27. The Morgan fingerprint density at radius 2 is 1.65 bits per heavy atom. The van der Waals surface area contributed by atoms with Crippen molar-refractivity contribution in [2.45, 2.75) is 19.3 Å². The summed E-state index contributed by atoms with van der Waals surface area (Å²) >= 11 is 11.2. The summed E-state index contributed by atoms with van der Waals surface area (Å²) in [6, 6.07) is 0.0773. The molecule has 1 aliphatic rings. The molecule has 0 saturated heterocycles. The fourth-order valence-corrected chi connectivity index (χ4v) is 3.56. The van der Waals surface area contributed by atoms with E-state index in [0.717, 1.165) is 7.11 Å². The highest BCUT2D eigenvalue weighted by Gasteiger charge is 2.78. The van der Waals surface area contributed by atoms with Crippen molar-refractivity contribution in [1.82, 2.24) is 0 Å². The molecule has 23 heavy (non-hydrogen) atoms. The zero-order chi connectivity index (χ0) is 17.7. The van der Waals surface area contributed by atoms with Gasteiger partial charge in [-0.2, -0.15) is 0 Å². The molecule has 2 atom stereocenters. The quantitative estimate of drug-likeness (QED) is 0.440. The Morgan fingerprint density at radius 1 is 1.17 bits per heavy atom. The Morgan fingerprint density at radius 3 is 2.04 bits per heavy atom. The van der Waals surface area contributed by atoms with Crippen LogP contribution in [0.1, 0.15) is 19.4 Å². The summed E-state index contributed by atoms with van der Waals surface area (Å²) < 4.78 is 60.1. The molecule has 2 rings (SSSR count). The van der Waals surface area contributed by atoms with E-state index in [4.69, 9.17) is 23.2 Å². The fourth-order valence-electron chi connectivity index (χ4n) is 3.31. The molecule has 1 aliphatic carbocycles. The summed E-state index contributed by atoms with van der Waals surface area (Å²) in [4.78, 5) is 12.3. The second-order valence-corrected chi connectivity index (χ2v) is 6.81. The van der Waals surface area contributed by atoms with E-state index in [2.05, 4.69) is 4.74 Å². The summed E-state index contributed by atoms with van der Waals surface area (Å²) in [6.07, 6.45) is 1.20. The number of benzene rings is 1. The van der Waals surface area contributed by atoms with Crippen LogP contribution in [0.3, 0.4) is 0 Å². The second-order valence-electron chi connectivity index (χ2n) is 5.80. The maximum atomic E-state index is 14.3. The van der Waals surface area contributed by atoms with E-state index in [1.165, 1.54) is 19.9 Å². The molecule has 0 aliphatic heterocycles. The molecule has 0 amide bonds. The molecule has 2 nitrogen and oxygen atoms in total. The Kier molecular flexibility index (Phi) is 4.45. The zero-order valence-electron chi connectivity index (χ0n) is 12.3. The van der Waals surface area contributed by atoms with Gasteiger partial charge in [0, 0.05) is 17.5 Å². The van der Waals surface area contributed by atoms with Crippen LogP contribution in [-0.2, 0) is 14.9 Å². The van der Waals surface area contributed by atoms with Crippen LogP contribution in [0, 0.1) is 34.6 Å². The minimum Gasteiger partial charge on any atom is -0.468 e. The molecule has 0 heterocycles. The first-order valence-corrected chi connectivity index (χ1v) is 7.23. The van der Waals surface area contributed by atoms with Gasteiger partial charge in [-0.25, -0.2) is 17.6 Å². The van der Waals surface area contributed by atoms with Gasteiger partial charge >= 0.3 is 5.97 Å². The van der Waals surface area contributed by atoms with Crippen LogP contribution < -0.4 is 0 Å². The average Bonchev–Trinajstić information content (AvgIpc) is 2.92. The maximum Gasteiger partial charge on any atom is 0.317 e. The van der Waals surface area contributed by atoms with Crippen molar-refractivity contribution >= 4 is 29.2 Å². The van der Waals surface area contributed by atoms with Crippen molar-refractivity contribution in [2.24, 2.45) is 11.3 Å². The van der Waals surface area contributed by atoms with Gasteiger partial charge in [0.25, 0.3) is 0 Å². The number of methoxy groups -OCH3 is 1. The Balaban J connectivity index is 2.84. The van der Waals surface area contributed by atoms with Crippen LogP contribution >= 0.6 is 23.2 Å². The topological polar surface area (TPSA) is 26.3 Å². The normalized spacial score (nSPS) is 25.0. The number of esters is 1. The first-order valence-electron chi connectivity index (χ1n) is 6.48. The lowest BCUT2D eigenvalue weighted by atomic mass is 9.86. The van der Waals surface area contributed by atoms with Crippen LogP contribution in [0.2, 0.25) is 0 Å². The molecule has 126 valence electrons. The number of allylic oxidation sites excluding steroid dienone is 1. The number of carbonyl (C=O) groups is 1. The van der Waals surface area contributed by atoms with Gasteiger partial charge in [-0.3, -0.25) is 4.79 Å². The van der Waals surface area contributed by atoms with Crippen molar-refractivity contribution in [3.05, 3.63) is 45.5 Å². The SMILES string of the molecule is COC(=O)C1(c2c(F)c(F)cc(F)c2F)C(C=C(Cl)Cl)C1(C)C. The zero-order valence-corrected chi connectivity index (χ0v) is 13.8. The molecule has 1 aromatic carbocycles. The van der Waals surface area contributed by atoms with Gasteiger partial charge in [0.2, 0.25) is 0 Å². The summed E-state index contributed by atoms with van der Waals surface area (Å²) in [5.74, 6) is -8.46. The van der Waals surface area contributed by atoms with Crippen molar-refractivity contribution in [2.75, 3.05) is 7.11 Å².